The van der Waals surface area contributed by atoms with Gasteiger partial charge in [0.25, 0.3) is 0 Å². The number of rotatable bonds is 1. The standard InChI is InChI=1S/C16H20BrFN2O3/c1-16(2,3)23-15(22)19-12-6-5-9-7-10(17)11(18)8-13(9)20(4)14(12)21/h7-8,12H,5-6H2,1-4H3,(H,19,22)/t12-/m0/s1. The molecule has 0 saturated heterocycles. The van der Waals surface area contributed by atoms with E-state index in [2.05, 4.69) is 21.2 Å². The van der Waals surface area contributed by atoms with Crippen LogP contribution in [0.15, 0.2) is 16.6 Å². The van der Waals surface area contributed by atoms with Gasteiger partial charge < -0.3 is 15.0 Å². The third kappa shape index (κ3) is 4.22. The van der Waals surface area contributed by atoms with Crippen molar-refractivity contribution in [1.82, 2.24) is 5.32 Å². The lowest BCUT2D eigenvalue weighted by atomic mass is 10.1. The van der Waals surface area contributed by atoms with Gasteiger partial charge in [-0.2, -0.15) is 0 Å². The third-order valence-corrected chi connectivity index (χ3v) is 4.11. The molecule has 1 aliphatic rings. The van der Waals surface area contributed by atoms with Crippen LogP contribution < -0.4 is 10.2 Å². The van der Waals surface area contributed by atoms with Gasteiger partial charge in [0.15, 0.2) is 0 Å². The largest absolute Gasteiger partial charge is 0.444 e. The van der Waals surface area contributed by atoms with E-state index >= 15 is 0 Å². The molecule has 5 nitrogen and oxygen atoms in total. The maximum Gasteiger partial charge on any atom is 0.408 e. The summed E-state index contributed by atoms with van der Waals surface area (Å²) in [6.07, 6.45) is 0.334. The fourth-order valence-electron chi connectivity index (χ4n) is 2.45. The molecule has 2 amide bonds. The van der Waals surface area contributed by atoms with E-state index in [0.29, 0.717) is 23.0 Å². The van der Waals surface area contributed by atoms with E-state index in [0.717, 1.165) is 5.56 Å². The fourth-order valence-corrected chi connectivity index (χ4v) is 2.84. The minimum atomic E-state index is -0.705. The second-order valence-electron chi connectivity index (χ2n) is 6.53. The van der Waals surface area contributed by atoms with Crippen LogP contribution in [0.3, 0.4) is 0 Å². The van der Waals surface area contributed by atoms with Crippen LogP contribution >= 0.6 is 15.9 Å². The molecular weight excluding hydrogens is 367 g/mol. The van der Waals surface area contributed by atoms with Gasteiger partial charge in [0.2, 0.25) is 5.91 Å². The molecule has 1 aromatic rings. The molecule has 23 heavy (non-hydrogen) atoms. The smallest absolute Gasteiger partial charge is 0.408 e. The van der Waals surface area contributed by atoms with Crippen molar-refractivity contribution in [3.8, 4) is 0 Å². The first-order valence-corrected chi connectivity index (χ1v) is 8.13. The Bertz CT molecular complexity index is 643. The highest BCUT2D eigenvalue weighted by atomic mass is 79.9. The maximum atomic E-state index is 13.8. The van der Waals surface area contributed by atoms with Crippen LogP contribution in [0, 0.1) is 5.82 Å². The van der Waals surface area contributed by atoms with E-state index < -0.39 is 23.6 Å². The molecule has 1 heterocycles. The summed E-state index contributed by atoms with van der Waals surface area (Å²) < 4.78 is 19.3. The topological polar surface area (TPSA) is 58.6 Å². The number of fused-ring (bicyclic) bond motifs is 1. The van der Waals surface area contributed by atoms with Gasteiger partial charge in [0.1, 0.15) is 17.5 Å². The molecule has 1 atom stereocenters. The van der Waals surface area contributed by atoms with Crippen LogP contribution in [-0.2, 0) is 16.0 Å². The number of carbonyl (C=O) groups is 2. The monoisotopic (exact) mass is 386 g/mol. The van der Waals surface area contributed by atoms with Crippen molar-refractivity contribution >= 4 is 33.6 Å². The Labute approximate surface area is 143 Å². The van der Waals surface area contributed by atoms with Gasteiger partial charge >= 0.3 is 6.09 Å². The van der Waals surface area contributed by atoms with Crippen LogP contribution in [0.2, 0.25) is 0 Å². The molecule has 0 unspecified atom stereocenters. The van der Waals surface area contributed by atoms with Gasteiger partial charge in [0, 0.05) is 12.7 Å². The molecule has 0 radical (unpaired) electrons. The second kappa shape index (κ2) is 6.47. The van der Waals surface area contributed by atoms with Crippen LogP contribution in [0.1, 0.15) is 32.8 Å². The Morgan fingerprint density at radius 1 is 1.43 bits per heavy atom. The molecule has 0 bridgehead atoms. The Morgan fingerprint density at radius 3 is 2.70 bits per heavy atom. The molecule has 1 aliphatic heterocycles. The zero-order valence-corrected chi connectivity index (χ0v) is 15.2. The number of hydrogen-bond acceptors (Lipinski definition) is 3. The zero-order chi connectivity index (χ0) is 17.4. The quantitative estimate of drug-likeness (QED) is 0.804. The zero-order valence-electron chi connectivity index (χ0n) is 13.6. The van der Waals surface area contributed by atoms with Gasteiger partial charge in [-0.1, -0.05) is 0 Å². The number of aryl methyl sites for hydroxylation is 1. The number of nitrogens with one attached hydrogen (secondary N) is 1. The van der Waals surface area contributed by atoms with Gasteiger partial charge in [-0.05, 0) is 67.2 Å². The number of nitrogens with zero attached hydrogens (tertiary/aromatic N) is 1. The average Bonchev–Trinajstić information content (AvgIpc) is 2.51. The minimum absolute atomic E-state index is 0.295. The molecular formula is C16H20BrFN2O3. The highest BCUT2D eigenvalue weighted by molar-refractivity contribution is 9.10. The first-order valence-electron chi connectivity index (χ1n) is 7.33. The number of ether oxygens (including phenoxy) is 1. The fraction of sp³-hybridized carbons (Fsp3) is 0.500. The van der Waals surface area contributed by atoms with E-state index in [9.17, 15) is 14.0 Å². The molecule has 0 spiro atoms. The van der Waals surface area contributed by atoms with E-state index in [-0.39, 0.29) is 5.91 Å². The molecule has 1 N–H and O–H groups in total. The first kappa shape index (κ1) is 17.7. The van der Waals surface area contributed by atoms with Gasteiger partial charge in [-0.3, -0.25) is 4.79 Å². The molecule has 0 aromatic heterocycles. The number of hydrogen-bond donors (Lipinski definition) is 1. The second-order valence-corrected chi connectivity index (χ2v) is 7.38. The number of amides is 2. The molecule has 0 saturated carbocycles. The molecule has 2 rings (SSSR count). The van der Waals surface area contributed by atoms with Crippen molar-refractivity contribution in [2.75, 3.05) is 11.9 Å². The van der Waals surface area contributed by atoms with Crippen molar-refractivity contribution in [3.63, 3.8) is 0 Å². The minimum Gasteiger partial charge on any atom is -0.444 e. The highest BCUT2D eigenvalue weighted by Gasteiger charge is 2.31. The predicted octanol–water partition coefficient (Wildman–Crippen LogP) is 3.39. The van der Waals surface area contributed by atoms with Crippen molar-refractivity contribution in [1.29, 1.82) is 0 Å². The summed E-state index contributed by atoms with van der Waals surface area (Å²) >= 11 is 3.16. The number of anilines is 1. The lowest BCUT2D eigenvalue weighted by molar-refractivity contribution is -0.120. The average molecular weight is 387 g/mol. The van der Waals surface area contributed by atoms with Gasteiger partial charge in [0.05, 0.1) is 4.47 Å². The number of likely N-dealkylation sites (N-methyl/N-ethyl adjacent to an activating group) is 1. The van der Waals surface area contributed by atoms with Crippen molar-refractivity contribution < 1.29 is 18.7 Å². The summed E-state index contributed by atoms with van der Waals surface area (Å²) in [4.78, 5) is 25.8. The summed E-state index contributed by atoms with van der Waals surface area (Å²) in [6.45, 7) is 5.26. The Kier molecular flexibility index (Phi) is 4.98. The Balaban J connectivity index is 2.19. The molecule has 1 aromatic carbocycles. The third-order valence-electron chi connectivity index (χ3n) is 3.50. The summed E-state index contributed by atoms with van der Waals surface area (Å²) in [6, 6.07) is 2.29. The molecule has 7 heteroatoms. The highest BCUT2D eigenvalue weighted by Crippen LogP contribution is 2.31. The van der Waals surface area contributed by atoms with E-state index in [1.54, 1.807) is 33.9 Å². The van der Waals surface area contributed by atoms with Crippen LogP contribution in [0.5, 0.6) is 0 Å². The van der Waals surface area contributed by atoms with Crippen LogP contribution in [-0.4, -0.2) is 30.7 Å². The Morgan fingerprint density at radius 2 is 2.09 bits per heavy atom. The maximum absolute atomic E-state index is 13.8. The van der Waals surface area contributed by atoms with Crippen molar-refractivity contribution in [3.05, 3.63) is 28.0 Å². The number of alkyl carbamates (subject to hydrolysis) is 1. The summed E-state index contributed by atoms with van der Waals surface area (Å²) in [7, 11) is 1.57. The van der Waals surface area contributed by atoms with Crippen LogP contribution in [0.4, 0.5) is 14.9 Å². The molecule has 126 valence electrons. The van der Waals surface area contributed by atoms with Crippen molar-refractivity contribution in [2.24, 2.45) is 0 Å². The first-order chi connectivity index (χ1) is 10.6. The number of halogens is 2. The summed E-state index contributed by atoms with van der Waals surface area (Å²) in [5.74, 6) is -0.724. The molecule has 0 aliphatic carbocycles. The van der Waals surface area contributed by atoms with E-state index in [1.165, 1.54) is 11.0 Å². The number of benzene rings is 1. The molecule has 0 fully saturated rings. The number of carbonyl (C=O) groups excluding carboxylic acids is 2. The summed E-state index contributed by atoms with van der Waals surface area (Å²) in [5.41, 5.74) is 0.729. The Hall–Kier alpha value is -1.63. The lowest BCUT2D eigenvalue weighted by Gasteiger charge is -2.24. The van der Waals surface area contributed by atoms with Gasteiger partial charge in [-0.15, -0.1) is 0 Å². The summed E-state index contributed by atoms with van der Waals surface area (Å²) in [5, 5.41) is 2.60. The SMILES string of the molecule is CN1C(=O)[C@@H](NC(=O)OC(C)(C)C)CCc2cc(Br)c(F)cc21. The predicted molar refractivity (Wildman–Crippen MR) is 89.0 cm³/mol. The van der Waals surface area contributed by atoms with E-state index in [1.807, 2.05) is 0 Å². The van der Waals surface area contributed by atoms with Crippen LogP contribution in [0.25, 0.3) is 0 Å². The normalized spacial score (nSPS) is 18.3. The van der Waals surface area contributed by atoms with Gasteiger partial charge in [-0.25, -0.2) is 9.18 Å². The van der Waals surface area contributed by atoms with Crippen molar-refractivity contribution in [2.45, 2.75) is 45.3 Å². The van der Waals surface area contributed by atoms with E-state index in [4.69, 9.17) is 4.74 Å². The lowest BCUT2D eigenvalue weighted by Crippen LogP contribution is -2.48.